The number of halogens is 1. The number of nitrogen functional groups attached to an aromatic ring is 1. The van der Waals surface area contributed by atoms with Gasteiger partial charge in [0, 0.05) is 12.1 Å². The van der Waals surface area contributed by atoms with E-state index in [0.29, 0.717) is 5.82 Å². The highest BCUT2D eigenvalue weighted by Gasteiger charge is 2.20. The highest BCUT2D eigenvalue weighted by molar-refractivity contribution is 9.10. The minimum atomic E-state index is 0.525. The van der Waals surface area contributed by atoms with Crippen LogP contribution in [0.25, 0.3) is 22.2 Å². The summed E-state index contributed by atoms with van der Waals surface area (Å²) in [5, 5.41) is 0.925. The van der Waals surface area contributed by atoms with Crippen molar-refractivity contribution in [1.82, 2.24) is 14.5 Å². The number of unbranched alkanes of at least 4 members (excludes halogenated alkanes) is 1. The molecule has 22 heavy (non-hydrogen) atoms. The molecule has 0 saturated heterocycles. The van der Waals surface area contributed by atoms with Gasteiger partial charge >= 0.3 is 0 Å². The number of nitrogens with two attached hydrogens (primary N) is 1. The first-order valence-corrected chi connectivity index (χ1v) is 8.28. The zero-order chi connectivity index (χ0) is 15.7. The number of hydrogen-bond donors (Lipinski definition) is 1. The molecular formula is C17H19BrN4. The van der Waals surface area contributed by atoms with Crippen molar-refractivity contribution < 1.29 is 0 Å². The summed E-state index contributed by atoms with van der Waals surface area (Å²) in [7, 11) is 0. The van der Waals surface area contributed by atoms with E-state index in [1.807, 2.05) is 0 Å². The van der Waals surface area contributed by atoms with Gasteiger partial charge in [0.15, 0.2) is 0 Å². The van der Waals surface area contributed by atoms with Crippen molar-refractivity contribution in [2.24, 2.45) is 0 Å². The van der Waals surface area contributed by atoms with Crippen molar-refractivity contribution in [3.05, 3.63) is 40.8 Å². The topological polar surface area (TPSA) is 56.7 Å². The third kappa shape index (κ3) is 2.50. The molecule has 4 nitrogen and oxygen atoms in total. The van der Waals surface area contributed by atoms with Gasteiger partial charge in [-0.3, -0.25) is 0 Å². The van der Waals surface area contributed by atoms with Crippen molar-refractivity contribution in [2.75, 3.05) is 5.73 Å². The van der Waals surface area contributed by atoms with Crippen LogP contribution in [0.15, 0.2) is 35.2 Å². The van der Waals surface area contributed by atoms with Crippen LogP contribution in [0.1, 0.15) is 25.3 Å². The van der Waals surface area contributed by atoms with Crippen molar-refractivity contribution in [1.29, 1.82) is 0 Å². The predicted molar refractivity (Wildman–Crippen MR) is 94.7 cm³/mol. The molecule has 0 aliphatic heterocycles. The normalized spacial score (nSPS) is 11.2. The van der Waals surface area contributed by atoms with Gasteiger partial charge in [-0.15, -0.1) is 0 Å². The smallest absolute Gasteiger partial charge is 0.147 e. The van der Waals surface area contributed by atoms with Crippen LogP contribution in [0.2, 0.25) is 0 Å². The molecule has 0 fully saturated rings. The zero-order valence-electron chi connectivity index (χ0n) is 12.8. The Hall–Kier alpha value is -1.88. The van der Waals surface area contributed by atoms with Crippen molar-refractivity contribution in [3.8, 4) is 11.1 Å². The lowest BCUT2D eigenvalue weighted by Gasteiger charge is -2.06. The minimum absolute atomic E-state index is 0.525. The largest absolute Gasteiger partial charge is 0.383 e. The lowest BCUT2D eigenvalue weighted by Crippen LogP contribution is -2.00. The van der Waals surface area contributed by atoms with Gasteiger partial charge in [-0.25, -0.2) is 9.97 Å². The highest BCUT2D eigenvalue weighted by atomic mass is 79.9. The van der Waals surface area contributed by atoms with Crippen LogP contribution < -0.4 is 5.73 Å². The molecule has 0 saturated carbocycles. The van der Waals surface area contributed by atoms with E-state index in [9.17, 15) is 0 Å². The first-order valence-electron chi connectivity index (χ1n) is 7.48. The summed E-state index contributed by atoms with van der Waals surface area (Å²) >= 11 is 3.75. The van der Waals surface area contributed by atoms with Crippen LogP contribution in [0.4, 0.5) is 5.82 Å². The van der Waals surface area contributed by atoms with Crippen LogP contribution in [0, 0.1) is 6.92 Å². The first-order chi connectivity index (χ1) is 10.6. The summed E-state index contributed by atoms with van der Waals surface area (Å²) in [5.41, 5.74) is 10.5. The van der Waals surface area contributed by atoms with Gasteiger partial charge < -0.3 is 10.3 Å². The zero-order valence-corrected chi connectivity index (χ0v) is 14.4. The maximum atomic E-state index is 6.15. The predicted octanol–water partition coefficient (Wildman–Crippen LogP) is 4.55. The Morgan fingerprint density at radius 2 is 1.91 bits per heavy atom. The first kappa shape index (κ1) is 15.0. The van der Waals surface area contributed by atoms with Crippen LogP contribution in [0.3, 0.4) is 0 Å². The second-order valence-electron chi connectivity index (χ2n) is 5.49. The highest BCUT2D eigenvalue weighted by Crippen LogP contribution is 2.39. The van der Waals surface area contributed by atoms with E-state index >= 15 is 0 Å². The molecule has 0 unspecified atom stereocenters. The summed E-state index contributed by atoms with van der Waals surface area (Å²) in [6.45, 7) is 5.18. The molecule has 3 rings (SSSR count). The molecule has 5 heteroatoms. The summed E-state index contributed by atoms with van der Waals surface area (Å²) in [6.07, 6.45) is 3.76. The molecule has 2 aromatic heterocycles. The van der Waals surface area contributed by atoms with E-state index in [-0.39, 0.29) is 0 Å². The van der Waals surface area contributed by atoms with Gasteiger partial charge in [-0.05, 0) is 34.8 Å². The summed E-state index contributed by atoms with van der Waals surface area (Å²) in [4.78, 5) is 8.64. The average Bonchev–Trinajstić information content (AvgIpc) is 2.80. The molecule has 0 atom stereocenters. The molecule has 114 valence electrons. The fourth-order valence-electron chi connectivity index (χ4n) is 2.67. The Labute approximate surface area is 138 Å². The molecule has 2 N–H and O–H groups in total. The lowest BCUT2D eigenvalue weighted by atomic mass is 10.0. The fraction of sp³-hybridized carbons (Fsp3) is 0.294. The molecule has 0 aliphatic carbocycles. The van der Waals surface area contributed by atoms with Gasteiger partial charge in [0.2, 0.25) is 0 Å². The molecular weight excluding hydrogens is 340 g/mol. The minimum Gasteiger partial charge on any atom is -0.383 e. The van der Waals surface area contributed by atoms with E-state index < -0.39 is 0 Å². The van der Waals surface area contributed by atoms with Crippen LogP contribution >= 0.6 is 15.9 Å². The number of anilines is 1. The number of hydrogen-bond acceptors (Lipinski definition) is 3. The van der Waals surface area contributed by atoms with Gasteiger partial charge in [-0.1, -0.05) is 43.2 Å². The standard InChI is InChI=1S/C17H19BrN4/c1-3-4-9-22-15(18)13(12-7-5-11(2)6-8-12)14-16(19)20-10-21-17(14)22/h5-8,10H,3-4,9H2,1-2H3,(H2,19,20,21). The molecule has 0 aliphatic rings. The molecule has 0 bridgehead atoms. The summed E-state index contributed by atoms with van der Waals surface area (Å²) in [5.74, 6) is 0.525. The Bertz CT molecular complexity index is 806. The number of benzene rings is 1. The Morgan fingerprint density at radius 3 is 2.59 bits per heavy atom. The number of rotatable bonds is 4. The third-order valence-electron chi connectivity index (χ3n) is 3.88. The summed E-state index contributed by atoms with van der Waals surface area (Å²) in [6, 6.07) is 8.45. The Balaban J connectivity index is 2.28. The number of aryl methyl sites for hydroxylation is 2. The molecule has 3 aromatic rings. The van der Waals surface area contributed by atoms with Crippen LogP contribution in [-0.4, -0.2) is 14.5 Å². The van der Waals surface area contributed by atoms with Gasteiger partial charge in [0.25, 0.3) is 0 Å². The molecule has 0 amide bonds. The Kier molecular flexibility index (Phi) is 4.16. The molecule has 2 heterocycles. The quantitative estimate of drug-likeness (QED) is 0.743. The maximum Gasteiger partial charge on any atom is 0.147 e. The third-order valence-corrected chi connectivity index (χ3v) is 4.71. The average molecular weight is 359 g/mol. The number of aromatic nitrogens is 3. The molecule has 0 spiro atoms. The molecule has 1 aromatic carbocycles. The van der Waals surface area contributed by atoms with Crippen molar-refractivity contribution in [3.63, 3.8) is 0 Å². The van der Waals surface area contributed by atoms with E-state index in [4.69, 9.17) is 5.73 Å². The van der Waals surface area contributed by atoms with Crippen molar-refractivity contribution in [2.45, 2.75) is 33.2 Å². The second-order valence-corrected chi connectivity index (χ2v) is 6.25. The van der Waals surface area contributed by atoms with Gasteiger partial charge in [0.05, 0.1) is 9.99 Å². The lowest BCUT2D eigenvalue weighted by molar-refractivity contribution is 0.637. The number of nitrogens with zero attached hydrogens (tertiary/aromatic N) is 3. The summed E-state index contributed by atoms with van der Waals surface area (Å²) < 4.78 is 3.21. The SMILES string of the molecule is CCCCn1c(Br)c(-c2ccc(C)cc2)c2c(N)ncnc21. The maximum absolute atomic E-state index is 6.15. The van der Waals surface area contributed by atoms with E-state index in [0.717, 1.165) is 46.1 Å². The van der Waals surface area contributed by atoms with Gasteiger partial charge in [-0.2, -0.15) is 0 Å². The second kappa shape index (κ2) is 6.08. The van der Waals surface area contributed by atoms with Crippen LogP contribution in [-0.2, 0) is 6.54 Å². The van der Waals surface area contributed by atoms with E-state index in [1.54, 1.807) is 0 Å². The molecule has 0 radical (unpaired) electrons. The fourth-order valence-corrected chi connectivity index (χ4v) is 3.44. The van der Waals surface area contributed by atoms with E-state index in [2.05, 4.69) is 68.6 Å². The monoisotopic (exact) mass is 358 g/mol. The van der Waals surface area contributed by atoms with Crippen molar-refractivity contribution >= 4 is 32.8 Å². The number of fused-ring (bicyclic) bond motifs is 1. The van der Waals surface area contributed by atoms with Crippen LogP contribution in [0.5, 0.6) is 0 Å². The van der Waals surface area contributed by atoms with Gasteiger partial charge in [0.1, 0.15) is 17.8 Å². The Morgan fingerprint density at radius 1 is 1.18 bits per heavy atom. The van der Waals surface area contributed by atoms with E-state index in [1.165, 1.54) is 11.9 Å².